The monoisotopic (exact) mass is 452 g/mol. The summed E-state index contributed by atoms with van der Waals surface area (Å²) in [5.74, 6) is 1.34. The zero-order valence-corrected chi connectivity index (χ0v) is 17.7. The number of phosphoric acid groups is 1. The molecule has 11 heteroatoms. The van der Waals surface area contributed by atoms with E-state index in [9.17, 15) is 4.57 Å². The third kappa shape index (κ3) is 7.19. The van der Waals surface area contributed by atoms with E-state index in [1.165, 1.54) is 0 Å². The molecule has 4 rings (SSSR count). The van der Waals surface area contributed by atoms with Crippen molar-refractivity contribution in [3.63, 3.8) is 0 Å². The standard InChI is InChI=1S/C18H15O4P.C3H6N6/c19-23(20-16-10-4-1-5-11-16,21-17-12-6-2-7-13-17)22-18-14-8-3-9-15-18;4-1-7-2(5)9-3(6)8-1/h1-15H;(H6,4,5,6,7,8,9). The van der Waals surface area contributed by atoms with E-state index in [2.05, 4.69) is 15.0 Å². The first-order chi connectivity index (χ1) is 15.4. The molecule has 0 fully saturated rings. The molecule has 4 aromatic rings. The summed E-state index contributed by atoms with van der Waals surface area (Å²) in [6.07, 6.45) is 0. The van der Waals surface area contributed by atoms with E-state index < -0.39 is 7.82 Å². The molecule has 0 aliphatic rings. The molecule has 1 aromatic heterocycles. The zero-order valence-electron chi connectivity index (χ0n) is 16.8. The first-order valence-corrected chi connectivity index (χ1v) is 10.7. The maximum atomic E-state index is 13.1. The number of rotatable bonds is 6. The first-order valence-electron chi connectivity index (χ1n) is 9.28. The van der Waals surface area contributed by atoms with Crippen LogP contribution in [0.4, 0.5) is 17.8 Å². The minimum absolute atomic E-state index is 0.0417. The molecule has 0 radical (unpaired) electrons. The molecular weight excluding hydrogens is 431 g/mol. The predicted octanol–water partition coefficient (Wildman–Crippen LogP) is 3.95. The largest absolute Gasteiger partial charge is 0.647 e. The van der Waals surface area contributed by atoms with Crippen molar-refractivity contribution >= 4 is 25.7 Å². The van der Waals surface area contributed by atoms with Crippen LogP contribution in [0.1, 0.15) is 0 Å². The van der Waals surface area contributed by atoms with Gasteiger partial charge in [0.25, 0.3) is 0 Å². The Hall–Kier alpha value is -4.30. The fourth-order valence-corrected chi connectivity index (χ4v) is 3.57. The molecule has 164 valence electrons. The summed E-state index contributed by atoms with van der Waals surface area (Å²) in [4.78, 5) is 10.5. The van der Waals surface area contributed by atoms with E-state index in [4.69, 9.17) is 30.8 Å². The van der Waals surface area contributed by atoms with Gasteiger partial charge in [-0.15, -0.1) is 0 Å². The van der Waals surface area contributed by atoms with Gasteiger partial charge in [0, 0.05) is 0 Å². The highest BCUT2D eigenvalue weighted by Crippen LogP contribution is 2.49. The summed E-state index contributed by atoms with van der Waals surface area (Å²) in [6.45, 7) is 0. The van der Waals surface area contributed by atoms with Crippen molar-refractivity contribution in [3.8, 4) is 17.2 Å². The van der Waals surface area contributed by atoms with Gasteiger partial charge in [-0.2, -0.15) is 19.5 Å². The second-order valence-electron chi connectivity index (χ2n) is 6.07. The van der Waals surface area contributed by atoms with E-state index in [-0.39, 0.29) is 17.8 Å². The van der Waals surface area contributed by atoms with Crippen molar-refractivity contribution in [1.29, 1.82) is 0 Å². The van der Waals surface area contributed by atoms with Crippen LogP contribution in [0.15, 0.2) is 91.0 Å². The molecular formula is C21H21N6O4P. The lowest BCUT2D eigenvalue weighted by Gasteiger charge is -2.19. The lowest BCUT2D eigenvalue weighted by Crippen LogP contribution is -2.07. The Morgan fingerprint density at radius 2 is 0.750 bits per heavy atom. The van der Waals surface area contributed by atoms with Crippen LogP contribution in [0, 0.1) is 0 Å². The number of aromatic nitrogens is 3. The van der Waals surface area contributed by atoms with Crippen molar-refractivity contribution < 1.29 is 18.1 Å². The van der Waals surface area contributed by atoms with Crippen LogP contribution in [0.3, 0.4) is 0 Å². The average Bonchev–Trinajstić information content (AvgIpc) is 2.75. The van der Waals surface area contributed by atoms with Gasteiger partial charge < -0.3 is 30.8 Å². The lowest BCUT2D eigenvalue weighted by atomic mass is 10.3. The summed E-state index contributed by atoms with van der Waals surface area (Å²) in [6, 6.07) is 26.4. The molecule has 0 saturated heterocycles. The number of nitrogen functional groups attached to an aromatic ring is 3. The molecule has 0 aliphatic heterocycles. The van der Waals surface area contributed by atoms with E-state index >= 15 is 0 Å². The number of para-hydroxylation sites is 3. The van der Waals surface area contributed by atoms with Crippen LogP contribution in [0.25, 0.3) is 0 Å². The third-order valence-electron chi connectivity index (χ3n) is 3.57. The molecule has 0 amide bonds. The predicted molar refractivity (Wildman–Crippen MR) is 122 cm³/mol. The van der Waals surface area contributed by atoms with E-state index in [1.54, 1.807) is 72.8 Å². The van der Waals surface area contributed by atoms with Gasteiger partial charge in [0.2, 0.25) is 17.8 Å². The van der Waals surface area contributed by atoms with Crippen LogP contribution >= 0.6 is 7.82 Å². The Balaban J connectivity index is 0.000000269. The van der Waals surface area contributed by atoms with Gasteiger partial charge in [-0.05, 0) is 36.4 Å². The maximum absolute atomic E-state index is 13.1. The first kappa shape index (κ1) is 22.4. The Morgan fingerprint density at radius 1 is 0.500 bits per heavy atom. The Kier molecular flexibility index (Phi) is 7.45. The smallest absolute Gasteiger partial charge is 0.386 e. The molecule has 6 N–H and O–H groups in total. The summed E-state index contributed by atoms with van der Waals surface area (Å²) in [5.41, 5.74) is 15.4. The van der Waals surface area contributed by atoms with Gasteiger partial charge in [-0.25, -0.2) is 0 Å². The topological polar surface area (TPSA) is 161 Å². The highest BCUT2D eigenvalue weighted by atomic mass is 31.2. The van der Waals surface area contributed by atoms with E-state index in [0.717, 1.165) is 0 Å². The second-order valence-corrected chi connectivity index (χ2v) is 7.51. The Labute approximate surface area is 184 Å². The number of hydrogen-bond acceptors (Lipinski definition) is 10. The van der Waals surface area contributed by atoms with Crippen LogP contribution in [-0.4, -0.2) is 15.0 Å². The number of benzene rings is 3. The normalized spacial score (nSPS) is 10.4. The van der Waals surface area contributed by atoms with Crippen molar-refractivity contribution in [1.82, 2.24) is 15.0 Å². The van der Waals surface area contributed by atoms with Gasteiger partial charge in [-0.3, -0.25) is 0 Å². The summed E-state index contributed by atoms with van der Waals surface area (Å²) >= 11 is 0. The number of phosphoric ester groups is 1. The summed E-state index contributed by atoms with van der Waals surface area (Å²) in [7, 11) is -3.89. The van der Waals surface area contributed by atoms with Gasteiger partial charge in [0.15, 0.2) is 0 Å². The van der Waals surface area contributed by atoms with Gasteiger partial charge >= 0.3 is 7.82 Å². The van der Waals surface area contributed by atoms with Crippen molar-refractivity contribution in [3.05, 3.63) is 91.0 Å². The van der Waals surface area contributed by atoms with E-state index in [0.29, 0.717) is 17.2 Å². The van der Waals surface area contributed by atoms with Crippen LogP contribution in [-0.2, 0) is 4.57 Å². The molecule has 0 spiro atoms. The number of nitrogens with zero attached hydrogens (tertiary/aromatic N) is 3. The average molecular weight is 452 g/mol. The second kappa shape index (κ2) is 10.6. The maximum Gasteiger partial charge on any atom is 0.647 e. The minimum atomic E-state index is -3.89. The quantitative estimate of drug-likeness (QED) is 0.365. The van der Waals surface area contributed by atoms with Crippen LogP contribution < -0.4 is 30.8 Å². The fraction of sp³-hybridized carbons (Fsp3) is 0. The zero-order chi connectivity index (χ0) is 22.8. The third-order valence-corrected chi connectivity index (χ3v) is 4.87. The molecule has 1 heterocycles. The summed E-state index contributed by atoms with van der Waals surface area (Å²) < 4.78 is 29.6. The SMILES string of the molecule is Nc1nc(N)nc(N)n1.O=P(Oc1ccccc1)(Oc1ccccc1)Oc1ccccc1. The molecule has 0 aliphatic carbocycles. The molecule has 0 saturated carbocycles. The number of anilines is 3. The molecule has 10 nitrogen and oxygen atoms in total. The molecule has 32 heavy (non-hydrogen) atoms. The van der Waals surface area contributed by atoms with E-state index in [1.807, 2.05) is 18.2 Å². The highest BCUT2D eigenvalue weighted by molar-refractivity contribution is 7.49. The highest BCUT2D eigenvalue weighted by Gasteiger charge is 2.33. The van der Waals surface area contributed by atoms with Gasteiger partial charge in [0.1, 0.15) is 17.2 Å². The lowest BCUT2D eigenvalue weighted by molar-refractivity contribution is 0.298. The Bertz CT molecular complexity index is 1010. The number of nitrogens with two attached hydrogens (primary N) is 3. The molecule has 0 unspecified atom stereocenters. The number of hydrogen-bond donors (Lipinski definition) is 3. The van der Waals surface area contributed by atoms with Crippen LogP contribution in [0.5, 0.6) is 17.2 Å². The molecule has 0 atom stereocenters. The summed E-state index contributed by atoms with van der Waals surface area (Å²) in [5, 5.41) is 0. The van der Waals surface area contributed by atoms with Crippen LogP contribution in [0.2, 0.25) is 0 Å². The van der Waals surface area contributed by atoms with Gasteiger partial charge in [0.05, 0.1) is 0 Å². The molecule has 0 bridgehead atoms. The molecule has 3 aromatic carbocycles. The minimum Gasteiger partial charge on any atom is -0.386 e. The van der Waals surface area contributed by atoms with Crippen molar-refractivity contribution in [2.24, 2.45) is 0 Å². The van der Waals surface area contributed by atoms with Crippen molar-refractivity contribution in [2.75, 3.05) is 17.2 Å². The van der Waals surface area contributed by atoms with Gasteiger partial charge in [-0.1, -0.05) is 54.6 Å². The fourth-order valence-electron chi connectivity index (χ4n) is 2.31. The Morgan fingerprint density at radius 3 is 1.00 bits per heavy atom. The van der Waals surface area contributed by atoms with Crippen molar-refractivity contribution in [2.45, 2.75) is 0 Å².